The second-order valence-electron chi connectivity index (χ2n) is 2.91. The Balaban J connectivity index is 3.08. The van der Waals surface area contributed by atoms with Gasteiger partial charge in [-0.2, -0.15) is 4.39 Å². The average Bonchev–Trinajstić information content (AvgIpc) is 2.16. The molecule has 0 aromatic heterocycles. The van der Waals surface area contributed by atoms with Crippen molar-refractivity contribution in [3.05, 3.63) is 45.8 Å². The molecule has 0 heterocycles. The minimum atomic E-state index is -0.889. The van der Waals surface area contributed by atoms with Gasteiger partial charge in [0.25, 0.3) is 0 Å². The number of benzene rings is 1. The van der Waals surface area contributed by atoms with Crippen LogP contribution in [0.5, 0.6) is 0 Å². The number of ketones is 1. The fourth-order valence-corrected chi connectivity index (χ4v) is 0.987. The fourth-order valence-electron chi connectivity index (χ4n) is 0.987. The molecule has 0 aliphatic heterocycles. The van der Waals surface area contributed by atoms with Crippen LogP contribution in [0.15, 0.2) is 24.3 Å². The predicted molar refractivity (Wildman–Crippen MR) is 52.8 cm³/mol. The van der Waals surface area contributed by atoms with E-state index in [4.69, 9.17) is 0 Å². The predicted octanol–water partition coefficient (Wildman–Crippen LogP) is 2.34. The first-order valence-corrected chi connectivity index (χ1v) is 4.13. The summed E-state index contributed by atoms with van der Waals surface area (Å²) >= 11 is 0. The number of allylic oxidation sites excluding steroid dienone is 1. The molecule has 1 aromatic carbocycles. The average molecular weight is 209 g/mol. The molecule has 0 bridgehead atoms. The Morgan fingerprint density at radius 3 is 2.73 bits per heavy atom. The molecule has 0 fully saturated rings. The zero-order valence-corrected chi connectivity index (χ0v) is 7.94. The van der Waals surface area contributed by atoms with E-state index in [-0.39, 0.29) is 5.78 Å². The molecule has 1 rings (SSSR count). The standard InChI is InChI=1S/C10H8FNO3/c1-7(13)2-3-8-4-5-9(11)10(6-8)12(14)15/h2-6H,1H3/b3-2+. The smallest absolute Gasteiger partial charge is 0.295 e. The van der Waals surface area contributed by atoms with Crippen molar-refractivity contribution < 1.29 is 14.1 Å². The molecule has 15 heavy (non-hydrogen) atoms. The van der Waals surface area contributed by atoms with Crippen LogP contribution in [0, 0.1) is 15.9 Å². The molecule has 4 nitrogen and oxygen atoms in total. The lowest BCUT2D eigenvalue weighted by Crippen LogP contribution is -1.92. The van der Waals surface area contributed by atoms with Crippen molar-refractivity contribution in [1.29, 1.82) is 0 Å². The molecule has 5 heteroatoms. The van der Waals surface area contributed by atoms with Crippen molar-refractivity contribution in [3.63, 3.8) is 0 Å². The summed E-state index contributed by atoms with van der Waals surface area (Å²) in [6.45, 7) is 1.36. The van der Waals surface area contributed by atoms with Gasteiger partial charge in [0, 0.05) is 6.07 Å². The summed E-state index contributed by atoms with van der Waals surface area (Å²) in [6, 6.07) is 3.44. The molecular weight excluding hydrogens is 201 g/mol. The van der Waals surface area contributed by atoms with Gasteiger partial charge < -0.3 is 0 Å². The van der Waals surface area contributed by atoms with Crippen molar-refractivity contribution in [2.75, 3.05) is 0 Å². The lowest BCUT2D eigenvalue weighted by Gasteiger charge is -1.95. The number of hydrogen-bond acceptors (Lipinski definition) is 3. The van der Waals surface area contributed by atoms with Gasteiger partial charge in [-0.05, 0) is 24.6 Å². The fraction of sp³-hybridized carbons (Fsp3) is 0.100. The van der Waals surface area contributed by atoms with E-state index in [1.165, 1.54) is 25.1 Å². The number of rotatable bonds is 3. The molecule has 78 valence electrons. The first kappa shape index (κ1) is 11.0. The van der Waals surface area contributed by atoms with E-state index in [1.807, 2.05) is 0 Å². The van der Waals surface area contributed by atoms with E-state index in [9.17, 15) is 19.3 Å². The second kappa shape index (κ2) is 4.45. The highest BCUT2D eigenvalue weighted by Crippen LogP contribution is 2.19. The molecule has 0 aliphatic carbocycles. The topological polar surface area (TPSA) is 60.2 Å². The Morgan fingerprint density at radius 1 is 1.53 bits per heavy atom. The monoisotopic (exact) mass is 209 g/mol. The van der Waals surface area contributed by atoms with Crippen LogP contribution in [0.2, 0.25) is 0 Å². The lowest BCUT2D eigenvalue weighted by atomic mass is 10.1. The molecule has 0 amide bonds. The summed E-state index contributed by atoms with van der Waals surface area (Å²) in [6.07, 6.45) is 2.66. The first-order valence-electron chi connectivity index (χ1n) is 4.13. The Bertz CT molecular complexity index is 440. The van der Waals surface area contributed by atoms with Gasteiger partial charge in [0.15, 0.2) is 5.78 Å². The van der Waals surface area contributed by atoms with Crippen LogP contribution >= 0.6 is 0 Å². The molecular formula is C10H8FNO3. The summed E-state index contributed by atoms with van der Waals surface area (Å²) in [5, 5.41) is 10.4. The van der Waals surface area contributed by atoms with Gasteiger partial charge in [0.1, 0.15) is 0 Å². The van der Waals surface area contributed by atoms with Crippen LogP contribution in [-0.4, -0.2) is 10.7 Å². The Morgan fingerprint density at radius 2 is 2.20 bits per heavy atom. The van der Waals surface area contributed by atoms with Crippen LogP contribution < -0.4 is 0 Å². The van der Waals surface area contributed by atoms with Crippen molar-refractivity contribution in [1.82, 2.24) is 0 Å². The number of nitro groups is 1. The quantitative estimate of drug-likeness (QED) is 0.436. The van der Waals surface area contributed by atoms with Crippen molar-refractivity contribution in [2.45, 2.75) is 6.92 Å². The zero-order chi connectivity index (χ0) is 11.4. The third-order valence-corrected chi connectivity index (χ3v) is 1.68. The summed E-state index contributed by atoms with van der Waals surface area (Å²) in [4.78, 5) is 20.2. The molecule has 0 radical (unpaired) electrons. The number of halogens is 1. The van der Waals surface area contributed by atoms with Gasteiger partial charge in [-0.15, -0.1) is 0 Å². The summed E-state index contributed by atoms with van der Waals surface area (Å²) in [5.74, 6) is -1.07. The van der Waals surface area contributed by atoms with Gasteiger partial charge in [0.2, 0.25) is 5.82 Å². The Labute approximate surface area is 85.2 Å². The molecule has 0 N–H and O–H groups in total. The molecule has 0 saturated heterocycles. The highest BCUT2D eigenvalue weighted by Gasteiger charge is 2.12. The van der Waals surface area contributed by atoms with E-state index in [1.54, 1.807) is 0 Å². The third kappa shape index (κ3) is 2.98. The van der Waals surface area contributed by atoms with Gasteiger partial charge >= 0.3 is 5.69 Å². The SMILES string of the molecule is CC(=O)/C=C/c1ccc(F)c([N+](=O)[O-])c1. The molecule has 0 aliphatic rings. The van der Waals surface area contributed by atoms with E-state index in [0.717, 1.165) is 12.1 Å². The normalized spacial score (nSPS) is 10.5. The van der Waals surface area contributed by atoms with E-state index < -0.39 is 16.4 Å². The van der Waals surface area contributed by atoms with E-state index >= 15 is 0 Å². The van der Waals surface area contributed by atoms with Gasteiger partial charge in [-0.25, -0.2) is 0 Å². The number of hydrogen-bond donors (Lipinski definition) is 0. The largest absolute Gasteiger partial charge is 0.305 e. The highest BCUT2D eigenvalue weighted by molar-refractivity contribution is 5.91. The minimum absolute atomic E-state index is 0.179. The second-order valence-corrected chi connectivity index (χ2v) is 2.91. The van der Waals surface area contributed by atoms with Crippen molar-refractivity contribution in [2.24, 2.45) is 0 Å². The number of nitrogens with zero attached hydrogens (tertiary/aromatic N) is 1. The molecule has 0 spiro atoms. The first-order chi connectivity index (χ1) is 7.00. The number of carbonyl (C=O) groups excluding carboxylic acids is 1. The molecule has 0 unspecified atom stereocenters. The van der Waals surface area contributed by atoms with Crippen LogP contribution in [0.1, 0.15) is 12.5 Å². The summed E-state index contributed by atoms with van der Waals surface area (Å²) in [5.41, 5.74) is -0.181. The van der Waals surface area contributed by atoms with Gasteiger partial charge in [0.05, 0.1) is 4.92 Å². The van der Waals surface area contributed by atoms with Gasteiger partial charge in [-0.1, -0.05) is 12.1 Å². The number of carbonyl (C=O) groups is 1. The maximum absolute atomic E-state index is 12.9. The lowest BCUT2D eigenvalue weighted by molar-refractivity contribution is -0.387. The third-order valence-electron chi connectivity index (χ3n) is 1.68. The van der Waals surface area contributed by atoms with E-state index in [0.29, 0.717) is 5.56 Å². The highest BCUT2D eigenvalue weighted by atomic mass is 19.1. The van der Waals surface area contributed by atoms with Crippen LogP contribution in [0.4, 0.5) is 10.1 Å². The zero-order valence-electron chi connectivity index (χ0n) is 7.94. The maximum atomic E-state index is 12.9. The van der Waals surface area contributed by atoms with Crippen molar-refractivity contribution in [3.8, 4) is 0 Å². The van der Waals surface area contributed by atoms with Crippen LogP contribution in [0.3, 0.4) is 0 Å². The maximum Gasteiger partial charge on any atom is 0.305 e. The molecule has 0 saturated carbocycles. The van der Waals surface area contributed by atoms with E-state index in [2.05, 4.69) is 0 Å². The van der Waals surface area contributed by atoms with Crippen LogP contribution in [0.25, 0.3) is 6.08 Å². The minimum Gasteiger partial charge on any atom is -0.295 e. The summed E-state index contributed by atoms with van der Waals surface area (Å²) in [7, 11) is 0. The number of nitro benzene ring substituents is 1. The molecule has 1 aromatic rings. The van der Waals surface area contributed by atoms with Gasteiger partial charge in [-0.3, -0.25) is 14.9 Å². The van der Waals surface area contributed by atoms with Crippen molar-refractivity contribution >= 4 is 17.5 Å². The molecule has 0 atom stereocenters. The summed E-state index contributed by atoms with van der Waals surface area (Å²) < 4.78 is 12.9. The Hall–Kier alpha value is -2.04. The van der Waals surface area contributed by atoms with Crippen LogP contribution in [-0.2, 0) is 4.79 Å². The Kier molecular flexibility index (Phi) is 3.28.